The Morgan fingerprint density at radius 3 is 2.00 bits per heavy atom. The molecule has 3 aliphatic carbocycles. The first kappa shape index (κ1) is 34.9. The summed E-state index contributed by atoms with van der Waals surface area (Å²) in [5.41, 5.74) is 18.6. The average Bonchev–Trinajstić information content (AvgIpc) is 3.75. The first-order valence-corrected chi connectivity index (χ1v) is 22.4. The van der Waals surface area contributed by atoms with Gasteiger partial charge in [0.15, 0.2) is 0 Å². The van der Waals surface area contributed by atoms with Gasteiger partial charge >= 0.3 is 0 Å². The van der Waals surface area contributed by atoms with Crippen LogP contribution >= 0.6 is 11.3 Å². The first-order chi connectivity index (χ1) is 27.0. The highest BCUT2D eigenvalue weighted by molar-refractivity contribution is 7.33. The van der Waals surface area contributed by atoms with E-state index in [9.17, 15) is 0 Å². The Kier molecular flexibility index (Phi) is 7.56. The van der Waals surface area contributed by atoms with Crippen LogP contribution in [0.25, 0.3) is 10.1 Å². The molecular weight excluding hydrogens is 695 g/mol. The third kappa shape index (κ3) is 4.87. The van der Waals surface area contributed by atoms with Crippen LogP contribution in [-0.4, -0.2) is 6.71 Å². The third-order valence-electron chi connectivity index (χ3n) is 15.5. The van der Waals surface area contributed by atoms with Gasteiger partial charge in [-0.25, -0.2) is 0 Å². The summed E-state index contributed by atoms with van der Waals surface area (Å²) in [7, 11) is 0. The molecule has 0 spiro atoms. The molecule has 1 aromatic heterocycles. The summed E-state index contributed by atoms with van der Waals surface area (Å²) >= 11 is 2.06. The number of nitrogens with zero attached hydrogens (tertiary/aromatic N) is 2. The van der Waals surface area contributed by atoms with Gasteiger partial charge in [-0.05, 0) is 162 Å². The van der Waals surface area contributed by atoms with Gasteiger partial charge in [0.2, 0.25) is 0 Å². The van der Waals surface area contributed by atoms with Crippen molar-refractivity contribution in [1.82, 2.24) is 0 Å². The van der Waals surface area contributed by atoms with Crippen LogP contribution in [0.4, 0.5) is 34.1 Å². The molecule has 2 saturated carbocycles. The first-order valence-electron chi connectivity index (χ1n) is 21.6. The Morgan fingerprint density at radius 1 is 0.679 bits per heavy atom. The standard InChI is InChI=1S/C52H55BN2S/c1-8-52(30-34-20-21-35(26-34)31-52)36-22-23-45-38(27-36)48-49(56-45)53-41-28-39-40(51(6,7)25-24-50(39,4)5)29-44(41)55(47-32(2)14-12-15-33(47)3)43-19-13-18-42(46(43)53)54(48)37-16-10-9-11-17-37/h9-19,22-23,27-29,34-35H,8,20-21,24-26,30-31H2,1-7H3/t34-,35?,52?/m1/s1. The van der Waals surface area contributed by atoms with E-state index >= 15 is 0 Å². The van der Waals surface area contributed by atoms with Crippen LogP contribution in [0.5, 0.6) is 0 Å². The van der Waals surface area contributed by atoms with Crippen LogP contribution in [0, 0.1) is 25.7 Å². The van der Waals surface area contributed by atoms with Crippen LogP contribution in [0.2, 0.25) is 0 Å². The zero-order valence-electron chi connectivity index (χ0n) is 34.4. The van der Waals surface area contributed by atoms with Crippen molar-refractivity contribution in [3.63, 3.8) is 0 Å². The fourth-order valence-corrected chi connectivity index (χ4v) is 13.8. The lowest BCUT2D eigenvalue weighted by atomic mass is 9.35. The van der Waals surface area contributed by atoms with Gasteiger partial charge in [0.25, 0.3) is 6.71 Å². The van der Waals surface area contributed by atoms with E-state index in [4.69, 9.17) is 0 Å². The van der Waals surface area contributed by atoms with Gasteiger partial charge in [-0.1, -0.05) is 102 Å². The maximum Gasteiger partial charge on any atom is 0.264 e. The van der Waals surface area contributed by atoms with E-state index < -0.39 is 0 Å². The van der Waals surface area contributed by atoms with Gasteiger partial charge in [-0.3, -0.25) is 0 Å². The largest absolute Gasteiger partial charge is 0.311 e. The van der Waals surface area contributed by atoms with Gasteiger partial charge in [-0.15, -0.1) is 11.3 Å². The number of anilines is 6. The van der Waals surface area contributed by atoms with Gasteiger partial charge < -0.3 is 9.80 Å². The third-order valence-corrected chi connectivity index (χ3v) is 16.8. The minimum Gasteiger partial charge on any atom is -0.311 e. The van der Waals surface area contributed by atoms with Gasteiger partial charge in [0, 0.05) is 37.6 Å². The van der Waals surface area contributed by atoms with Crippen molar-refractivity contribution < 1.29 is 0 Å². The highest BCUT2D eigenvalue weighted by atomic mass is 32.1. The topological polar surface area (TPSA) is 6.48 Å². The molecule has 0 N–H and O–H groups in total. The fourth-order valence-electron chi connectivity index (χ4n) is 12.5. The smallest absolute Gasteiger partial charge is 0.264 e. The molecule has 6 aromatic rings. The fraction of sp³-hybridized carbons (Fsp3) is 0.385. The van der Waals surface area contributed by atoms with Crippen molar-refractivity contribution in [2.75, 3.05) is 9.80 Å². The molecule has 3 atom stereocenters. The molecule has 2 bridgehead atoms. The van der Waals surface area contributed by atoms with Crippen LogP contribution < -0.4 is 25.5 Å². The average molecular weight is 751 g/mol. The molecule has 0 radical (unpaired) electrons. The SMILES string of the molecule is CCC1(c2ccc3sc4c(c3c2)N(c2ccccc2)c2cccc3c2B4c2cc4c(cc2N3c2c(C)cccc2C)C(C)(C)CCC4(C)C)CC2CC[C@H](C2)C1. The summed E-state index contributed by atoms with van der Waals surface area (Å²) in [5.74, 6) is 1.79. The van der Waals surface area contributed by atoms with E-state index in [2.05, 4.69) is 167 Å². The summed E-state index contributed by atoms with van der Waals surface area (Å²) in [4.78, 5) is 5.31. The molecule has 3 heterocycles. The second-order valence-corrected chi connectivity index (χ2v) is 20.8. The number of thiophene rings is 1. The predicted molar refractivity (Wildman–Crippen MR) is 243 cm³/mol. The second-order valence-electron chi connectivity index (χ2n) is 19.7. The van der Waals surface area contributed by atoms with Gasteiger partial charge in [0.1, 0.15) is 0 Å². The molecule has 0 saturated heterocycles. The molecule has 5 aliphatic rings. The van der Waals surface area contributed by atoms with Crippen molar-refractivity contribution in [2.24, 2.45) is 11.8 Å². The highest BCUT2D eigenvalue weighted by Crippen LogP contribution is 2.56. The zero-order valence-corrected chi connectivity index (χ0v) is 35.2. The number of hydrogen-bond acceptors (Lipinski definition) is 3. The molecule has 56 heavy (non-hydrogen) atoms. The Labute approximate surface area is 339 Å². The van der Waals surface area contributed by atoms with E-state index in [1.54, 1.807) is 11.1 Å². The van der Waals surface area contributed by atoms with E-state index in [1.165, 1.54) is 128 Å². The number of hydrogen-bond donors (Lipinski definition) is 0. The van der Waals surface area contributed by atoms with E-state index in [0.29, 0.717) is 0 Å². The molecular formula is C52H55BN2S. The molecule has 5 aromatic carbocycles. The lowest BCUT2D eigenvalue weighted by Crippen LogP contribution is -2.61. The van der Waals surface area contributed by atoms with Crippen molar-refractivity contribution in [1.29, 1.82) is 0 Å². The number of aryl methyl sites for hydroxylation is 2. The van der Waals surface area contributed by atoms with E-state index in [1.807, 2.05) is 0 Å². The van der Waals surface area contributed by atoms with Crippen LogP contribution in [0.15, 0.2) is 97.1 Å². The number of fused-ring (bicyclic) bond motifs is 9. The summed E-state index contributed by atoms with van der Waals surface area (Å²) in [6.45, 7) is 17.1. The normalized spacial score (nSPS) is 23.8. The maximum atomic E-state index is 2.69. The van der Waals surface area contributed by atoms with Gasteiger partial charge in [-0.2, -0.15) is 0 Å². The molecule has 11 rings (SSSR count). The lowest BCUT2D eigenvalue weighted by Gasteiger charge is -2.47. The number of benzene rings is 5. The molecule has 282 valence electrons. The molecule has 4 heteroatoms. The van der Waals surface area contributed by atoms with Crippen molar-refractivity contribution >= 4 is 78.0 Å². The molecule has 2 nitrogen and oxygen atoms in total. The predicted octanol–water partition coefficient (Wildman–Crippen LogP) is 12.8. The summed E-state index contributed by atoms with van der Waals surface area (Å²) in [5, 5.41) is 1.44. The van der Waals surface area contributed by atoms with Gasteiger partial charge in [0.05, 0.1) is 11.4 Å². The Balaban J connectivity index is 1.23. The van der Waals surface area contributed by atoms with Crippen molar-refractivity contribution in [3.05, 3.63) is 125 Å². The second kappa shape index (κ2) is 12.1. The van der Waals surface area contributed by atoms with Crippen molar-refractivity contribution in [2.45, 2.75) is 116 Å². The van der Waals surface area contributed by atoms with Crippen LogP contribution in [-0.2, 0) is 16.2 Å². The summed E-state index contributed by atoms with van der Waals surface area (Å²) < 4.78 is 2.91. The summed E-state index contributed by atoms with van der Waals surface area (Å²) in [6, 6.07) is 38.3. The number of para-hydroxylation sites is 2. The Morgan fingerprint density at radius 2 is 1.32 bits per heavy atom. The number of rotatable bonds is 4. The Bertz CT molecular complexity index is 2550. The lowest BCUT2D eigenvalue weighted by molar-refractivity contribution is 0.207. The minimum atomic E-state index is 0.109. The molecule has 2 fully saturated rings. The monoisotopic (exact) mass is 750 g/mol. The highest BCUT2D eigenvalue weighted by Gasteiger charge is 2.49. The Hall–Kier alpha value is -4.28. The van der Waals surface area contributed by atoms with E-state index in [-0.39, 0.29) is 23.0 Å². The maximum absolute atomic E-state index is 2.69. The molecule has 2 unspecified atom stereocenters. The van der Waals surface area contributed by atoms with E-state index in [0.717, 1.165) is 11.8 Å². The quantitative estimate of drug-likeness (QED) is 0.165. The molecule has 0 amide bonds. The van der Waals surface area contributed by atoms with Crippen LogP contribution in [0.1, 0.15) is 114 Å². The van der Waals surface area contributed by atoms with Crippen LogP contribution in [0.3, 0.4) is 0 Å². The summed E-state index contributed by atoms with van der Waals surface area (Å²) in [6.07, 6.45) is 10.7. The van der Waals surface area contributed by atoms with Crippen molar-refractivity contribution in [3.8, 4) is 0 Å². The zero-order chi connectivity index (χ0) is 38.3. The minimum absolute atomic E-state index is 0.109. The molecule has 2 aliphatic heterocycles.